The predicted octanol–water partition coefficient (Wildman–Crippen LogP) is 4.13. The molecule has 0 spiro atoms. The number of pyridine rings is 1. The molecule has 8 bridgehead atoms. The zero-order chi connectivity index (χ0) is 27.5. The molecule has 4 aliphatic rings. The normalized spacial score (nSPS) is 21.7. The van der Waals surface area contributed by atoms with Crippen LogP contribution in [0.5, 0.6) is 0 Å². The van der Waals surface area contributed by atoms with Gasteiger partial charge < -0.3 is 24.1 Å². The fourth-order valence-corrected chi connectivity index (χ4v) is 6.90. The lowest BCUT2D eigenvalue weighted by Gasteiger charge is -2.35. The lowest BCUT2D eigenvalue weighted by atomic mass is 9.93. The Bertz CT molecular complexity index is 1420. The molecular formula is C29H37N5O5S. The molecule has 40 heavy (non-hydrogen) atoms. The van der Waals surface area contributed by atoms with Crippen LogP contribution in [0.1, 0.15) is 38.5 Å². The Hall–Kier alpha value is -3.15. The summed E-state index contributed by atoms with van der Waals surface area (Å²) in [4.78, 5) is 13.9. The smallest absolute Gasteiger partial charge is 0.234 e. The maximum Gasteiger partial charge on any atom is 0.234 e. The van der Waals surface area contributed by atoms with E-state index in [1.807, 2.05) is 24.4 Å². The number of aliphatic hydroxyl groups is 1. The second-order valence-corrected chi connectivity index (χ2v) is 12.8. The molecule has 4 aliphatic heterocycles. The first kappa shape index (κ1) is 27.0. The number of ether oxygens (including phenoxy) is 1. The molecule has 0 radical (unpaired) electrons. The average molecular weight is 568 g/mol. The van der Waals surface area contributed by atoms with E-state index in [1.54, 1.807) is 12.3 Å². The Balaban J connectivity index is 1.37. The molecule has 0 saturated carbocycles. The van der Waals surface area contributed by atoms with Gasteiger partial charge >= 0.3 is 0 Å². The lowest BCUT2D eigenvalue weighted by molar-refractivity contribution is 0.0330. The molecule has 7 rings (SSSR count). The summed E-state index contributed by atoms with van der Waals surface area (Å²) < 4.78 is 39.9. The molecule has 1 atom stereocenters. The van der Waals surface area contributed by atoms with Gasteiger partial charge in [-0.25, -0.2) is 18.4 Å². The van der Waals surface area contributed by atoms with Gasteiger partial charge in [-0.05, 0) is 74.8 Å². The average Bonchev–Trinajstić information content (AvgIpc) is 3.46. The SMILES string of the molecule is O=S(=O)(CCO)Nc1ccc2c(c1)N1CCC(CC1)OCCCC1CCCN(C1)c1cc(ccn1)-c1ncc-2o1. The molecule has 1 aromatic carbocycles. The van der Waals surface area contributed by atoms with E-state index in [9.17, 15) is 8.42 Å². The van der Waals surface area contributed by atoms with Gasteiger partial charge in [-0.2, -0.15) is 0 Å². The maximum atomic E-state index is 12.4. The summed E-state index contributed by atoms with van der Waals surface area (Å²) in [5.74, 6) is 2.36. The Kier molecular flexibility index (Phi) is 7.95. The van der Waals surface area contributed by atoms with Crippen LogP contribution in [-0.4, -0.2) is 74.7 Å². The van der Waals surface area contributed by atoms with Crippen LogP contribution in [0.3, 0.4) is 0 Å². The molecule has 2 saturated heterocycles. The quantitative estimate of drug-likeness (QED) is 0.479. The number of piperidine rings is 2. The molecule has 3 aromatic rings. The number of oxazole rings is 1. The monoisotopic (exact) mass is 567 g/mol. The van der Waals surface area contributed by atoms with E-state index in [1.165, 1.54) is 6.42 Å². The minimum Gasteiger partial charge on any atom is -0.436 e. The third kappa shape index (κ3) is 6.11. The van der Waals surface area contributed by atoms with Crippen LogP contribution >= 0.6 is 0 Å². The van der Waals surface area contributed by atoms with E-state index in [0.29, 0.717) is 23.3 Å². The summed E-state index contributed by atoms with van der Waals surface area (Å²) in [6.07, 6.45) is 10.2. The Morgan fingerprint density at radius 3 is 2.70 bits per heavy atom. The molecule has 1 unspecified atom stereocenters. The maximum absolute atomic E-state index is 12.4. The van der Waals surface area contributed by atoms with Crippen LogP contribution in [0.15, 0.2) is 47.1 Å². The number of rotatable bonds is 4. The van der Waals surface area contributed by atoms with Crippen LogP contribution in [0, 0.1) is 5.92 Å². The Morgan fingerprint density at radius 1 is 1.00 bits per heavy atom. The topological polar surface area (TPSA) is 121 Å². The molecule has 11 heteroatoms. The summed E-state index contributed by atoms with van der Waals surface area (Å²) >= 11 is 0. The number of aliphatic hydroxyl groups excluding tert-OH is 1. The molecule has 6 heterocycles. The first-order chi connectivity index (χ1) is 19.5. The van der Waals surface area contributed by atoms with Crippen molar-refractivity contribution in [2.45, 2.75) is 44.6 Å². The second kappa shape index (κ2) is 11.8. The molecule has 2 aromatic heterocycles. The highest BCUT2D eigenvalue weighted by atomic mass is 32.2. The zero-order valence-corrected chi connectivity index (χ0v) is 23.5. The van der Waals surface area contributed by atoms with Crippen molar-refractivity contribution in [2.75, 3.05) is 59.7 Å². The fraction of sp³-hybridized carbons (Fsp3) is 0.517. The van der Waals surface area contributed by atoms with Crippen molar-refractivity contribution >= 4 is 27.2 Å². The van der Waals surface area contributed by atoms with Crippen molar-refractivity contribution in [1.82, 2.24) is 9.97 Å². The summed E-state index contributed by atoms with van der Waals surface area (Å²) in [7, 11) is -3.66. The predicted molar refractivity (Wildman–Crippen MR) is 155 cm³/mol. The van der Waals surface area contributed by atoms with Gasteiger partial charge in [-0.15, -0.1) is 0 Å². The van der Waals surface area contributed by atoms with Crippen LogP contribution in [-0.2, 0) is 14.8 Å². The Labute approximate surface area is 235 Å². The number of fused-ring (bicyclic) bond motifs is 5. The lowest BCUT2D eigenvalue weighted by Crippen LogP contribution is -2.37. The van der Waals surface area contributed by atoms with E-state index in [2.05, 4.69) is 30.6 Å². The molecule has 10 nitrogen and oxygen atoms in total. The van der Waals surface area contributed by atoms with E-state index in [4.69, 9.17) is 14.3 Å². The van der Waals surface area contributed by atoms with Gasteiger partial charge in [0.15, 0.2) is 5.76 Å². The molecule has 2 fully saturated rings. The van der Waals surface area contributed by atoms with Gasteiger partial charge in [0, 0.05) is 55.8 Å². The first-order valence-electron chi connectivity index (χ1n) is 14.3. The van der Waals surface area contributed by atoms with E-state index in [0.717, 1.165) is 87.5 Å². The van der Waals surface area contributed by atoms with Crippen LogP contribution < -0.4 is 14.5 Å². The Morgan fingerprint density at radius 2 is 1.85 bits per heavy atom. The van der Waals surface area contributed by atoms with Crippen molar-refractivity contribution < 1.29 is 22.7 Å². The van der Waals surface area contributed by atoms with Crippen LogP contribution in [0.4, 0.5) is 17.2 Å². The first-order valence-corrected chi connectivity index (χ1v) is 15.9. The number of aromatic nitrogens is 2. The number of anilines is 3. The van der Waals surface area contributed by atoms with Gasteiger partial charge in [0.2, 0.25) is 15.9 Å². The van der Waals surface area contributed by atoms with Crippen LogP contribution in [0.25, 0.3) is 22.8 Å². The third-order valence-electron chi connectivity index (χ3n) is 8.13. The number of benzene rings is 1. The van der Waals surface area contributed by atoms with Crippen molar-refractivity contribution in [3.05, 3.63) is 42.7 Å². The number of nitrogens with zero attached hydrogens (tertiary/aromatic N) is 4. The van der Waals surface area contributed by atoms with Crippen molar-refractivity contribution in [3.8, 4) is 22.8 Å². The zero-order valence-electron chi connectivity index (χ0n) is 22.7. The van der Waals surface area contributed by atoms with E-state index < -0.39 is 16.6 Å². The van der Waals surface area contributed by atoms with Gasteiger partial charge in [0.05, 0.1) is 30.3 Å². The van der Waals surface area contributed by atoms with E-state index >= 15 is 0 Å². The van der Waals surface area contributed by atoms with Crippen molar-refractivity contribution in [3.63, 3.8) is 0 Å². The molecule has 0 amide bonds. The largest absolute Gasteiger partial charge is 0.436 e. The van der Waals surface area contributed by atoms with Gasteiger partial charge in [-0.3, -0.25) is 4.72 Å². The summed E-state index contributed by atoms with van der Waals surface area (Å²) in [5.41, 5.74) is 3.04. The summed E-state index contributed by atoms with van der Waals surface area (Å²) in [5, 5.41) is 9.15. The number of nitrogens with one attached hydrogen (secondary N) is 1. The highest BCUT2D eigenvalue weighted by molar-refractivity contribution is 7.92. The van der Waals surface area contributed by atoms with Crippen LogP contribution in [0.2, 0.25) is 0 Å². The third-order valence-corrected chi connectivity index (χ3v) is 9.40. The molecular weight excluding hydrogens is 530 g/mol. The van der Waals surface area contributed by atoms with E-state index in [-0.39, 0.29) is 11.9 Å². The van der Waals surface area contributed by atoms with Gasteiger partial charge in [-0.1, -0.05) is 0 Å². The minimum atomic E-state index is -3.66. The second-order valence-electron chi connectivity index (χ2n) is 11.0. The van der Waals surface area contributed by atoms with Gasteiger partial charge in [0.1, 0.15) is 5.82 Å². The summed E-state index contributed by atoms with van der Waals surface area (Å²) in [6.45, 7) is 3.92. The van der Waals surface area contributed by atoms with Crippen molar-refractivity contribution in [1.29, 1.82) is 0 Å². The number of hydrogen-bond donors (Lipinski definition) is 2. The standard InChI is InChI=1S/C29H37N5O5S/c35-14-16-40(36,37)32-23-5-6-25-26(18-23)33-12-8-24(9-13-33)38-15-2-4-21-3-1-11-34(20-21)28-17-22(7-10-30-28)29-31-19-27(25)39-29/h5-7,10,17-19,21,24,32,35H,1-4,8-9,11-16,20H2. The molecule has 214 valence electrons. The molecule has 0 aliphatic carbocycles. The van der Waals surface area contributed by atoms with Crippen molar-refractivity contribution in [2.24, 2.45) is 5.92 Å². The molecule has 2 N–H and O–H groups in total. The summed E-state index contributed by atoms with van der Waals surface area (Å²) in [6, 6.07) is 9.41. The minimum absolute atomic E-state index is 0.221. The number of sulfonamides is 1. The number of hydrogen-bond acceptors (Lipinski definition) is 9. The fourth-order valence-electron chi connectivity index (χ4n) is 6.07. The highest BCUT2D eigenvalue weighted by Crippen LogP contribution is 2.38. The van der Waals surface area contributed by atoms with Gasteiger partial charge in [0.25, 0.3) is 0 Å². The highest BCUT2D eigenvalue weighted by Gasteiger charge is 2.26.